The number of hydrogen-bond acceptors (Lipinski definition) is 8. The van der Waals surface area contributed by atoms with Crippen molar-refractivity contribution < 1.29 is 18.8 Å². The highest BCUT2D eigenvalue weighted by molar-refractivity contribution is 7.98. The van der Waals surface area contributed by atoms with Crippen LogP contribution in [0.15, 0.2) is 33.9 Å². The lowest BCUT2D eigenvalue weighted by atomic mass is 9.94. The van der Waals surface area contributed by atoms with Gasteiger partial charge in [-0.15, -0.1) is 5.10 Å². The highest BCUT2D eigenvalue weighted by Gasteiger charge is 2.37. The van der Waals surface area contributed by atoms with Gasteiger partial charge < -0.3 is 9.26 Å². The van der Waals surface area contributed by atoms with Gasteiger partial charge in [0.2, 0.25) is 10.9 Å². The van der Waals surface area contributed by atoms with Gasteiger partial charge in [-0.25, -0.2) is 9.78 Å². The molecule has 0 radical (unpaired) electrons. The molecule has 2 aromatic heterocycles. The van der Waals surface area contributed by atoms with Crippen molar-refractivity contribution in [2.75, 3.05) is 12.9 Å². The number of thioether (sulfide) groups is 1. The van der Waals surface area contributed by atoms with Crippen LogP contribution >= 0.6 is 11.8 Å². The van der Waals surface area contributed by atoms with Crippen LogP contribution in [0.25, 0.3) is 0 Å². The largest absolute Gasteiger partial charge is 0.461 e. The molecule has 0 amide bonds. The number of aromatic nitrogens is 4. The van der Waals surface area contributed by atoms with Gasteiger partial charge in [0.05, 0.1) is 6.61 Å². The van der Waals surface area contributed by atoms with Crippen LogP contribution < -0.4 is 0 Å². The fraction of sp³-hybridized carbons (Fsp3) is 0.350. The molecule has 29 heavy (non-hydrogen) atoms. The maximum Gasteiger partial charge on any atom is 0.361 e. The molecule has 1 aliphatic carbocycles. The number of carbonyl (C=O) groups is 2. The second-order valence-electron chi connectivity index (χ2n) is 6.70. The van der Waals surface area contributed by atoms with Gasteiger partial charge >= 0.3 is 5.97 Å². The number of aromatic amines is 1. The molecular formula is C20H20N4O4S. The minimum absolute atomic E-state index is 0.0575. The molecule has 0 unspecified atom stereocenters. The molecule has 2 heterocycles. The Hall–Kier alpha value is -2.94. The Kier molecular flexibility index (Phi) is 5.48. The summed E-state index contributed by atoms with van der Waals surface area (Å²) < 4.78 is 10.5. The smallest absolute Gasteiger partial charge is 0.361 e. The predicted octanol–water partition coefficient (Wildman–Crippen LogP) is 3.39. The van der Waals surface area contributed by atoms with E-state index in [2.05, 4.69) is 20.3 Å². The third-order valence-electron chi connectivity index (χ3n) is 4.68. The van der Waals surface area contributed by atoms with E-state index < -0.39 is 5.97 Å². The fourth-order valence-electron chi connectivity index (χ4n) is 3.14. The first kappa shape index (κ1) is 19.4. The van der Waals surface area contributed by atoms with Crippen LogP contribution in [0, 0.1) is 0 Å². The number of ether oxygens (including phenoxy) is 1. The molecule has 3 aromatic rings. The molecule has 1 aromatic carbocycles. The number of rotatable bonds is 8. The van der Waals surface area contributed by atoms with Crippen molar-refractivity contribution in [1.29, 1.82) is 0 Å². The SMILES string of the molecule is CCOC(=O)c1noc(C2CC2)c1C(=O)c1ccccc1Cc1nc(SC)n[nH]1. The van der Waals surface area contributed by atoms with Gasteiger partial charge in [-0.1, -0.05) is 41.2 Å². The molecule has 0 spiro atoms. The molecule has 0 aliphatic heterocycles. The monoisotopic (exact) mass is 412 g/mol. The van der Waals surface area contributed by atoms with Crippen LogP contribution in [-0.4, -0.2) is 45.0 Å². The van der Waals surface area contributed by atoms with Crippen molar-refractivity contribution in [2.45, 2.75) is 37.3 Å². The third-order valence-corrected chi connectivity index (χ3v) is 5.22. The number of esters is 1. The zero-order chi connectivity index (χ0) is 20.4. The molecule has 4 rings (SSSR count). The van der Waals surface area contributed by atoms with Crippen LogP contribution in [-0.2, 0) is 11.2 Å². The van der Waals surface area contributed by atoms with Gasteiger partial charge in [0, 0.05) is 17.9 Å². The molecule has 0 bridgehead atoms. The first-order chi connectivity index (χ1) is 14.1. The van der Waals surface area contributed by atoms with Crippen molar-refractivity contribution in [3.63, 3.8) is 0 Å². The molecule has 0 saturated heterocycles. The minimum Gasteiger partial charge on any atom is -0.461 e. The second kappa shape index (κ2) is 8.20. The molecule has 1 saturated carbocycles. The lowest BCUT2D eigenvalue weighted by Gasteiger charge is -2.08. The number of ketones is 1. The van der Waals surface area contributed by atoms with E-state index in [4.69, 9.17) is 9.26 Å². The first-order valence-electron chi connectivity index (χ1n) is 9.36. The van der Waals surface area contributed by atoms with Crippen LogP contribution in [0.1, 0.15) is 69.2 Å². The maximum atomic E-state index is 13.5. The van der Waals surface area contributed by atoms with Crippen molar-refractivity contribution in [3.8, 4) is 0 Å². The van der Waals surface area contributed by atoms with Crippen LogP contribution in [0.4, 0.5) is 0 Å². The molecular weight excluding hydrogens is 392 g/mol. The van der Waals surface area contributed by atoms with E-state index in [9.17, 15) is 9.59 Å². The highest BCUT2D eigenvalue weighted by atomic mass is 32.2. The summed E-state index contributed by atoms with van der Waals surface area (Å²) in [6, 6.07) is 7.25. The Balaban J connectivity index is 1.72. The van der Waals surface area contributed by atoms with Crippen molar-refractivity contribution in [2.24, 2.45) is 0 Å². The summed E-state index contributed by atoms with van der Waals surface area (Å²) in [6.07, 6.45) is 4.13. The number of nitrogens with zero attached hydrogens (tertiary/aromatic N) is 3. The Bertz CT molecular complexity index is 1050. The molecule has 9 heteroatoms. The minimum atomic E-state index is -0.649. The average molecular weight is 412 g/mol. The number of H-pyrrole nitrogens is 1. The summed E-state index contributed by atoms with van der Waals surface area (Å²) in [6.45, 7) is 1.90. The highest BCUT2D eigenvalue weighted by Crippen LogP contribution is 2.43. The van der Waals surface area contributed by atoms with E-state index in [-0.39, 0.29) is 29.6 Å². The predicted molar refractivity (Wildman–Crippen MR) is 105 cm³/mol. The van der Waals surface area contributed by atoms with Gasteiger partial charge in [-0.05, 0) is 31.6 Å². The topological polar surface area (TPSA) is 111 Å². The Labute approximate surface area is 171 Å². The van der Waals surface area contributed by atoms with E-state index in [1.54, 1.807) is 19.1 Å². The van der Waals surface area contributed by atoms with Gasteiger partial charge in [-0.3, -0.25) is 9.89 Å². The second-order valence-corrected chi connectivity index (χ2v) is 7.47. The zero-order valence-corrected chi connectivity index (χ0v) is 16.9. The van der Waals surface area contributed by atoms with Crippen LogP contribution in [0.2, 0.25) is 0 Å². The zero-order valence-electron chi connectivity index (χ0n) is 16.1. The first-order valence-corrected chi connectivity index (χ1v) is 10.6. The molecule has 1 N–H and O–H groups in total. The normalized spacial score (nSPS) is 13.4. The summed E-state index contributed by atoms with van der Waals surface area (Å²) in [5, 5.41) is 11.5. The van der Waals surface area contributed by atoms with Crippen molar-refractivity contribution in [3.05, 3.63) is 58.2 Å². The van der Waals surface area contributed by atoms with Gasteiger partial charge in [0.25, 0.3) is 0 Å². The number of benzene rings is 1. The number of carbonyl (C=O) groups excluding carboxylic acids is 2. The Morgan fingerprint density at radius 2 is 2.10 bits per heavy atom. The van der Waals surface area contributed by atoms with Gasteiger partial charge in [0.15, 0.2) is 11.5 Å². The van der Waals surface area contributed by atoms with Crippen molar-refractivity contribution in [1.82, 2.24) is 20.3 Å². The van der Waals surface area contributed by atoms with Crippen LogP contribution in [0.3, 0.4) is 0 Å². The van der Waals surface area contributed by atoms with Gasteiger partial charge in [0.1, 0.15) is 11.4 Å². The summed E-state index contributed by atoms with van der Waals surface area (Å²) in [4.78, 5) is 30.2. The fourth-order valence-corrected chi connectivity index (χ4v) is 3.48. The summed E-state index contributed by atoms with van der Waals surface area (Å²) in [5.74, 6) is 0.306. The molecule has 0 atom stereocenters. The lowest BCUT2D eigenvalue weighted by Crippen LogP contribution is -2.14. The maximum absolute atomic E-state index is 13.5. The van der Waals surface area contributed by atoms with E-state index in [1.807, 2.05) is 18.4 Å². The van der Waals surface area contributed by atoms with Crippen molar-refractivity contribution >= 4 is 23.5 Å². The Morgan fingerprint density at radius 3 is 2.79 bits per heavy atom. The Morgan fingerprint density at radius 1 is 1.31 bits per heavy atom. The quantitative estimate of drug-likeness (QED) is 0.340. The average Bonchev–Trinajstić information content (AvgIpc) is 3.31. The molecule has 8 nitrogen and oxygen atoms in total. The van der Waals surface area contributed by atoms with Gasteiger partial charge in [-0.2, -0.15) is 0 Å². The van der Waals surface area contributed by atoms with E-state index in [0.29, 0.717) is 28.7 Å². The number of hydrogen-bond donors (Lipinski definition) is 1. The van der Waals surface area contributed by atoms with Crippen LogP contribution in [0.5, 0.6) is 0 Å². The van der Waals surface area contributed by atoms with E-state index >= 15 is 0 Å². The summed E-state index contributed by atoms with van der Waals surface area (Å²) in [7, 11) is 0. The molecule has 150 valence electrons. The third kappa shape index (κ3) is 3.95. The van der Waals surface area contributed by atoms with E-state index in [0.717, 1.165) is 18.4 Å². The lowest BCUT2D eigenvalue weighted by molar-refractivity contribution is 0.0512. The molecule has 1 fully saturated rings. The summed E-state index contributed by atoms with van der Waals surface area (Å²) >= 11 is 1.44. The number of nitrogens with one attached hydrogen (secondary N) is 1. The standard InChI is InChI=1S/C20H20N4O4S/c1-3-27-19(26)16-15(18(28-24-16)11-8-9-11)17(25)13-7-5-4-6-12(13)10-14-21-20(29-2)23-22-14/h4-7,11H,3,8-10H2,1-2H3,(H,21,22,23). The van der Waals surface area contributed by atoms with E-state index in [1.165, 1.54) is 11.8 Å². The summed E-state index contributed by atoms with van der Waals surface area (Å²) in [5.41, 5.74) is 1.41. The molecule has 1 aliphatic rings.